The van der Waals surface area contributed by atoms with E-state index in [0.29, 0.717) is 0 Å². The number of nitrogens with zero attached hydrogens (tertiary/aromatic N) is 2. The van der Waals surface area contributed by atoms with Crippen LogP contribution in [0, 0.1) is 0 Å². The molecule has 1 aliphatic heterocycles. The molecule has 0 radical (unpaired) electrons. The lowest BCUT2D eigenvalue weighted by Gasteiger charge is -2.35. The van der Waals surface area contributed by atoms with Gasteiger partial charge in [0.2, 0.25) is 0 Å². The number of pyridine rings is 1. The number of aromatic nitrogens is 1. The number of hydrogen-bond donors (Lipinski definition) is 1. The average molecular weight is 240 g/mol. The van der Waals surface area contributed by atoms with Gasteiger partial charge in [-0.25, -0.2) is 0 Å². The van der Waals surface area contributed by atoms with Gasteiger partial charge in [-0.3, -0.25) is 9.88 Å². The summed E-state index contributed by atoms with van der Waals surface area (Å²) in [5.74, 6) is 0. The SMILES string of the molecule is OC1CN(Cc2ccc(-c3cccnc3)cc2)C1. The molecule has 0 aliphatic carbocycles. The first-order valence-electron chi connectivity index (χ1n) is 6.21. The zero-order chi connectivity index (χ0) is 12.4. The van der Waals surface area contributed by atoms with E-state index in [1.165, 1.54) is 11.1 Å². The Balaban J connectivity index is 1.69. The number of benzene rings is 1. The zero-order valence-electron chi connectivity index (χ0n) is 10.2. The first-order chi connectivity index (χ1) is 8.81. The monoisotopic (exact) mass is 240 g/mol. The molecule has 18 heavy (non-hydrogen) atoms. The Bertz CT molecular complexity index is 504. The molecule has 1 aromatic carbocycles. The minimum atomic E-state index is -0.125. The van der Waals surface area contributed by atoms with E-state index < -0.39 is 0 Å². The molecular formula is C15H16N2O. The highest BCUT2D eigenvalue weighted by Crippen LogP contribution is 2.20. The van der Waals surface area contributed by atoms with Crippen molar-refractivity contribution in [2.75, 3.05) is 13.1 Å². The van der Waals surface area contributed by atoms with E-state index in [-0.39, 0.29) is 6.10 Å². The van der Waals surface area contributed by atoms with Crippen LogP contribution in [0.25, 0.3) is 11.1 Å². The Kier molecular flexibility index (Phi) is 3.09. The molecule has 0 saturated carbocycles. The van der Waals surface area contributed by atoms with Gasteiger partial charge in [0, 0.05) is 32.0 Å². The van der Waals surface area contributed by atoms with Crippen LogP contribution in [0.1, 0.15) is 5.56 Å². The summed E-state index contributed by atoms with van der Waals surface area (Å²) >= 11 is 0. The van der Waals surface area contributed by atoms with Gasteiger partial charge in [-0.2, -0.15) is 0 Å². The Hall–Kier alpha value is -1.71. The largest absolute Gasteiger partial charge is 0.390 e. The van der Waals surface area contributed by atoms with E-state index in [1.54, 1.807) is 6.20 Å². The van der Waals surface area contributed by atoms with E-state index in [0.717, 1.165) is 25.2 Å². The molecule has 1 fully saturated rings. The maximum atomic E-state index is 9.24. The van der Waals surface area contributed by atoms with Crippen LogP contribution in [0.2, 0.25) is 0 Å². The van der Waals surface area contributed by atoms with Crippen LogP contribution < -0.4 is 0 Å². The van der Waals surface area contributed by atoms with Gasteiger partial charge in [-0.15, -0.1) is 0 Å². The summed E-state index contributed by atoms with van der Waals surface area (Å²) in [6, 6.07) is 12.6. The van der Waals surface area contributed by atoms with Crippen molar-refractivity contribution in [3.05, 3.63) is 54.4 Å². The van der Waals surface area contributed by atoms with Gasteiger partial charge in [0.1, 0.15) is 0 Å². The van der Waals surface area contributed by atoms with Crippen LogP contribution in [-0.4, -0.2) is 34.2 Å². The van der Waals surface area contributed by atoms with E-state index >= 15 is 0 Å². The standard InChI is InChI=1S/C15H16N2O/c18-15-10-17(11-15)9-12-3-5-13(6-4-12)14-2-1-7-16-8-14/h1-8,15,18H,9-11H2. The number of aliphatic hydroxyl groups excluding tert-OH is 1. The van der Waals surface area contributed by atoms with Crippen LogP contribution in [-0.2, 0) is 6.54 Å². The van der Waals surface area contributed by atoms with Gasteiger partial charge >= 0.3 is 0 Å². The number of aliphatic hydroxyl groups is 1. The average Bonchev–Trinajstić information content (AvgIpc) is 2.39. The van der Waals surface area contributed by atoms with Crippen molar-refractivity contribution in [2.45, 2.75) is 12.6 Å². The maximum absolute atomic E-state index is 9.24. The second-order valence-corrected chi connectivity index (χ2v) is 4.79. The van der Waals surface area contributed by atoms with Crippen LogP contribution in [0.4, 0.5) is 0 Å². The molecule has 0 amide bonds. The first kappa shape index (κ1) is 11.4. The van der Waals surface area contributed by atoms with Gasteiger partial charge in [0.05, 0.1) is 6.10 Å². The topological polar surface area (TPSA) is 36.4 Å². The van der Waals surface area contributed by atoms with Crippen molar-refractivity contribution in [1.82, 2.24) is 9.88 Å². The van der Waals surface area contributed by atoms with Crippen molar-refractivity contribution in [3.8, 4) is 11.1 Å². The van der Waals surface area contributed by atoms with Crippen molar-refractivity contribution in [2.24, 2.45) is 0 Å². The van der Waals surface area contributed by atoms with E-state index in [2.05, 4.69) is 40.2 Å². The third-order valence-corrected chi connectivity index (χ3v) is 3.29. The molecule has 1 aliphatic rings. The summed E-state index contributed by atoms with van der Waals surface area (Å²) < 4.78 is 0. The van der Waals surface area contributed by atoms with Gasteiger partial charge in [-0.05, 0) is 22.8 Å². The normalized spacial score (nSPS) is 16.5. The summed E-state index contributed by atoms with van der Waals surface area (Å²) in [7, 11) is 0. The van der Waals surface area contributed by atoms with Gasteiger partial charge in [0.25, 0.3) is 0 Å². The molecule has 0 bridgehead atoms. The van der Waals surface area contributed by atoms with Crippen molar-refractivity contribution in [1.29, 1.82) is 0 Å². The molecule has 0 atom stereocenters. The van der Waals surface area contributed by atoms with Crippen LogP contribution >= 0.6 is 0 Å². The molecule has 0 spiro atoms. The number of rotatable bonds is 3. The summed E-state index contributed by atoms with van der Waals surface area (Å²) in [4.78, 5) is 6.37. The molecule has 2 heterocycles. The molecule has 1 aromatic heterocycles. The quantitative estimate of drug-likeness (QED) is 0.890. The second-order valence-electron chi connectivity index (χ2n) is 4.79. The lowest BCUT2D eigenvalue weighted by atomic mass is 10.0. The summed E-state index contributed by atoms with van der Waals surface area (Å²) in [6.45, 7) is 2.51. The lowest BCUT2D eigenvalue weighted by Crippen LogP contribution is -2.49. The fourth-order valence-corrected chi connectivity index (χ4v) is 2.27. The Morgan fingerprint density at radius 1 is 1.11 bits per heavy atom. The summed E-state index contributed by atoms with van der Waals surface area (Å²) in [5, 5.41) is 9.24. The Morgan fingerprint density at radius 2 is 1.89 bits per heavy atom. The maximum Gasteiger partial charge on any atom is 0.0794 e. The molecule has 3 heteroatoms. The predicted molar refractivity (Wildman–Crippen MR) is 71.0 cm³/mol. The van der Waals surface area contributed by atoms with Gasteiger partial charge in [0.15, 0.2) is 0 Å². The molecule has 0 unspecified atom stereocenters. The summed E-state index contributed by atoms with van der Waals surface area (Å²) in [5.41, 5.74) is 3.62. The third-order valence-electron chi connectivity index (χ3n) is 3.29. The van der Waals surface area contributed by atoms with Crippen LogP contribution in [0.5, 0.6) is 0 Å². The van der Waals surface area contributed by atoms with E-state index in [4.69, 9.17) is 0 Å². The van der Waals surface area contributed by atoms with E-state index in [1.807, 2.05) is 12.3 Å². The third kappa shape index (κ3) is 2.42. The highest BCUT2D eigenvalue weighted by atomic mass is 16.3. The van der Waals surface area contributed by atoms with Crippen molar-refractivity contribution >= 4 is 0 Å². The molecule has 3 nitrogen and oxygen atoms in total. The minimum Gasteiger partial charge on any atom is -0.390 e. The number of β-amino-alcohol motifs (C(OH)–C–C–N with tert-alkyl or cyclic N) is 1. The molecular weight excluding hydrogens is 224 g/mol. The molecule has 92 valence electrons. The fourth-order valence-electron chi connectivity index (χ4n) is 2.27. The van der Waals surface area contributed by atoms with Gasteiger partial charge < -0.3 is 5.11 Å². The smallest absolute Gasteiger partial charge is 0.0794 e. The van der Waals surface area contributed by atoms with Gasteiger partial charge in [-0.1, -0.05) is 30.3 Å². The highest BCUT2D eigenvalue weighted by Gasteiger charge is 2.23. The zero-order valence-corrected chi connectivity index (χ0v) is 10.2. The fraction of sp³-hybridized carbons (Fsp3) is 0.267. The van der Waals surface area contributed by atoms with Crippen molar-refractivity contribution < 1.29 is 5.11 Å². The van der Waals surface area contributed by atoms with Crippen molar-refractivity contribution in [3.63, 3.8) is 0 Å². The predicted octanol–water partition coefficient (Wildman–Crippen LogP) is 1.93. The Morgan fingerprint density at radius 3 is 2.50 bits per heavy atom. The first-order valence-corrected chi connectivity index (χ1v) is 6.21. The van der Waals surface area contributed by atoms with Crippen LogP contribution in [0.3, 0.4) is 0 Å². The molecule has 1 N–H and O–H groups in total. The summed E-state index contributed by atoms with van der Waals surface area (Å²) in [6.07, 6.45) is 3.54. The molecule has 3 rings (SSSR count). The molecule has 2 aromatic rings. The molecule has 1 saturated heterocycles. The second kappa shape index (κ2) is 4.88. The minimum absolute atomic E-state index is 0.125. The number of hydrogen-bond acceptors (Lipinski definition) is 3. The number of likely N-dealkylation sites (tertiary alicyclic amines) is 1. The van der Waals surface area contributed by atoms with E-state index in [9.17, 15) is 5.11 Å². The highest BCUT2D eigenvalue weighted by molar-refractivity contribution is 5.62. The van der Waals surface area contributed by atoms with Crippen LogP contribution in [0.15, 0.2) is 48.8 Å². The Labute approximate surface area is 107 Å². The lowest BCUT2D eigenvalue weighted by molar-refractivity contribution is -0.00286.